The van der Waals surface area contributed by atoms with Crippen LogP contribution in [0.2, 0.25) is 0 Å². The van der Waals surface area contributed by atoms with Gasteiger partial charge in [-0.2, -0.15) is 0 Å². The number of hydrogen-bond donors (Lipinski definition) is 2. The Morgan fingerprint density at radius 3 is 2.61 bits per heavy atom. The van der Waals surface area contributed by atoms with Crippen LogP contribution in [0.3, 0.4) is 0 Å². The highest BCUT2D eigenvalue weighted by molar-refractivity contribution is 9.10. The number of benzene rings is 2. The molecule has 3 nitrogen and oxygen atoms in total. The molecule has 2 aromatic carbocycles. The fourth-order valence-electron chi connectivity index (χ4n) is 2.20. The maximum absolute atomic E-state index is 11.5. The molecule has 1 amide bonds. The lowest BCUT2D eigenvalue weighted by atomic mass is 10.0. The van der Waals surface area contributed by atoms with Gasteiger partial charge in [-0.3, -0.25) is 4.79 Å². The van der Waals surface area contributed by atoms with Crippen molar-refractivity contribution in [2.45, 2.75) is 6.42 Å². The quantitative estimate of drug-likeness (QED) is 0.795. The molecule has 0 bridgehead atoms. The van der Waals surface area contributed by atoms with Gasteiger partial charge in [0.15, 0.2) is 0 Å². The van der Waals surface area contributed by atoms with Crippen molar-refractivity contribution in [2.75, 3.05) is 11.1 Å². The standard InChI is InChI=1S/C14H11BrN2O/c15-10-5-9-6-13(18)17-14(9)12(7-10)8-1-3-11(16)4-2-8/h1-5,7H,6,16H2,(H,17,18). The zero-order valence-electron chi connectivity index (χ0n) is 9.53. The maximum atomic E-state index is 11.5. The predicted octanol–water partition coefficient (Wildman–Crippen LogP) is 3.19. The van der Waals surface area contributed by atoms with Crippen molar-refractivity contribution in [3.63, 3.8) is 0 Å². The van der Waals surface area contributed by atoms with Gasteiger partial charge in [-0.25, -0.2) is 0 Å². The second-order valence-corrected chi connectivity index (χ2v) is 5.25. The lowest BCUT2D eigenvalue weighted by Gasteiger charge is -2.09. The Labute approximate surface area is 113 Å². The van der Waals surface area contributed by atoms with Gasteiger partial charge in [-0.05, 0) is 35.4 Å². The van der Waals surface area contributed by atoms with Gasteiger partial charge in [0, 0.05) is 15.7 Å². The highest BCUT2D eigenvalue weighted by Gasteiger charge is 2.21. The largest absolute Gasteiger partial charge is 0.399 e. The number of carbonyl (C=O) groups is 1. The number of nitrogen functional groups attached to an aromatic ring is 1. The fraction of sp³-hybridized carbons (Fsp3) is 0.0714. The van der Waals surface area contributed by atoms with Crippen LogP contribution in [-0.2, 0) is 11.2 Å². The van der Waals surface area contributed by atoms with Crippen LogP contribution in [0.25, 0.3) is 11.1 Å². The minimum atomic E-state index is 0.0415. The van der Waals surface area contributed by atoms with Crippen molar-refractivity contribution < 1.29 is 4.79 Å². The maximum Gasteiger partial charge on any atom is 0.228 e. The molecule has 0 aliphatic carbocycles. The summed E-state index contributed by atoms with van der Waals surface area (Å²) in [5, 5.41) is 2.92. The number of rotatable bonds is 1. The van der Waals surface area contributed by atoms with E-state index in [0.29, 0.717) is 6.42 Å². The Morgan fingerprint density at radius 1 is 1.17 bits per heavy atom. The second-order valence-electron chi connectivity index (χ2n) is 4.33. The van der Waals surface area contributed by atoms with E-state index in [2.05, 4.69) is 21.2 Å². The van der Waals surface area contributed by atoms with Gasteiger partial charge in [0.25, 0.3) is 0 Å². The molecule has 3 rings (SSSR count). The van der Waals surface area contributed by atoms with E-state index < -0.39 is 0 Å². The summed E-state index contributed by atoms with van der Waals surface area (Å²) in [6.07, 6.45) is 0.441. The molecule has 0 atom stereocenters. The summed E-state index contributed by atoms with van der Waals surface area (Å²) in [7, 11) is 0. The van der Waals surface area contributed by atoms with E-state index in [-0.39, 0.29) is 5.91 Å². The van der Waals surface area contributed by atoms with E-state index in [4.69, 9.17) is 5.73 Å². The van der Waals surface area contributed by atoms with Gasteiger partial charge in [-0.15, -0.1) is 0 Å². The Hall–Kier alpha value is -1.81. The third-order valence-corrected chi connectivity index (χ3v) is 3.48. The summed E-state index contributed by atoms with van der Waals surface area (Å²) in [4.78, 5) is 11.5. The Morgan fingerprint density at radius 2 is 1.89 bits per heavy atom. The first-order valence-corrected chi connectivity index (χ1v) is 6.41. The molecular formula is C14H11BrN2O. The van der Waals surface area contributed by atoms with Crippen LogP contribution in [0.4, 0.5) is 11.4 Å². The monoisotopic (exact) mass is 302 g/mol. The van der Waals surface area contributed by atoms with Crippen molar-refractivity contribution in [3.05, 3.63) is 46.4 Å². The smallest absolute Gasteiger partial charge is 0.228 e. The van der Waals surface area contributed by atoms with Crippen LogP contribution >= 0.6 is 15.9 Å². The first-order valence-electron chi connectivity index (χ1n) is 5.61. The van der Waals surface area contributed by atoms with Gasteiger partial charge >= 0.3 is 0 Å². The molecule has 1 aliphatic heterocycles. The highest BCUT2D eigenvalue weighted by Crippen LogP contribution is 2.37. The first-order chi connectivity index (χ1) is 8.63. The number of nitrogens with two attached hydrogens (primary N) is 1. The minimum absolute atomic E-state index is 0.0415. The number of nitrogens with one attached hydrogen (secondary N) is 1. The van der Waals surface area contributed by atoms with Crippen LogP contribution in [0.15, 0.2) is 40.9 Å². The van der Waals surface area contributed by atoms with Crippen LogP contribution in [-0.4, -0.2) is 5.91 Å². The normalized spacial score (nSPS) is 13.3. The number of fused-ring (bicyclic) bond motifs is 1. The highest BCUT2D eigenvalue weighted by atomic mass is 79.9. The molecule has 0 unspecified atom stereocenters. The van der Waals surface area contributed by atoms with E-state index in [9.17, 15) is 4.79 Å². The number of amides is 1. The lowest BCUT2D eigenvalue weighted by molar-refractivity contribution is -0.115. The lowest BCUT2D eigenvalue weighted by Crippen LogP contribution is -2.04. The molecule has 1 heterocycles. The summed E-state index contributed by atoms with van der Waals surface area (Å²) >= 11 is 3.48. The van der Waals surface area contributed by atoms with Crippen LogP contribution in [0.1, 0.15) is 5.56 Å². The van der Waals surface area contributed by atoms with Crippen molar-refractivity contribution in [2.24, 2.45) is 0 Å². The average molecular weight is 303 g/mol. The second kappa shape index (κ2) is 4.14. The number of halogens is 1. The third-order valence-electron chi connectivity index (χ3n) is 3.02. The van der Waals surface area contributed by atoms with Gasteiger partial charge in [0.2, 0.25) is 5.91 Å². The Balaban J connectivity index is 2.18. The molecule has 1 aliphatic rings. The zero-order valence-corrected chi connectivity index (χ0v) is 11.1. The fourth-order valence-corrected chi connectivity index (χ4v) is 2.70. The van der Waals surface area contributed by atoms with Crippen molar-refractivity contribution in [3.8, 4) is 11.1 Å². The number of carbonyl (C=O) groups excluding carboxylic acids is 1. The number of anilines is 2. The molecule has 0 saturated heterocycles. The molecule has 0 fully saturated rings. The Bertz CT molecular complexity index is 635. The molecule has 90 valence electrons. The van der Waals surface area contributed by atoms with Crippen molar-refractivity contribution >= 4 is 33.2 Å². The summed E-state index contributed by atoms with van der Waals surface area (Å²) in [5.74, 6) is 0.0415. The number of hydrogen-bond acceptors (Lipinski definition) is 2. The van der Waals surface area contributed by atoms with Gasteiger partial charge < -0.3 is 11.1 Å². The van der Waals surface area contributed by atoms with E-state index in [1.54, 1.807) is 0 Å². The summed E-state index contributed by atoms with van der Waals surface area (Å²) in [5.41, 5.74) is 10.4. The topological polar surface area (TPSA) is 55.1 Å². The zero-order chi connectivity index (χ0) is 12.7. The molecule has 0 spiro atoms. The molecule has 18 heavy (non-hydrogen) atoms. The van der Waals surface area contributed by atoms with Crippen molar-refractivity contribution in [1.29, 1.82) is 0 Å². The molecule has 0 radical (unpaired) electrons. The average Bonchev–Trinajstić information content (AvgIpc) is 2.69. The van der Waals surface area contributed by atoms with Crippen molar-refractivity contribution in [1.82, 2.24) is 0 Å². The molecule has 4 heteroatoms. The summed E-state index contributed by atoms with van der Waals surface area (Å²) in [6, 6.07) is 11.6. The third kappa shape index (κ3) is 1.88. The SMILES string of the molecule is Nc1ccc(-c2cc(Br)cc3c2NC(=O)C3)cc1. The summed E-state index contributed by atoms with van der Waals surface area (Å²) in [6.45, 7) is 0. The predicted molar refractivity (Wildman–Crippen MR) is 76.3 cm³/mol. The van der Waals surface area contributed by atoms with E-state index >= 15 is 0 Å². The molecule has 0 saturated carbocycles. The van der Waals surface area contributed by atoms with Crippen LogP contribution < -0.4 is 11.1 Å². The van der Waals surface area contributed by atoms with Crippen LogP contribution in [0.5, 0.6) is 0 Å². The van der Waals surface area contributed by atoms with E-state index in [1.807, 2.05) is 36.4 Å². The minimum Gasteiger partial charge on any atom is -0.399 e. The molecule has 0 aromatic heterocycles. The van der Waals surface area contributed by atoms with Gasteiger partial charge in [0.1, 0.15) is 0 Å². The van der Waals surface area contributed by atoms with E-state index in [1.165, 1.54) is 0 Å². The molecule has 3 N–H and O–H groups in total. The van der Waals surface area contributed by atoms with Gasteiger partial charge in [-0.1, -0.05) is 28.1 Å². The molecular weight excluding hydrogens is 292 g/mol. The van der Waals surface area contributed by atoms with Gasteiger partial charge in [0.05, 0.1) is 12.1 Å². The van der Waals surface area contributed by atoms with Crippen LogP contribution in [0, 0.1) is 0 Å². The first kappa shape index (κ1) is 11.3. The Kier molecular flexibility index (Phi) is 2.59. The molecule has 2 aromatic rings. The van der Waals surface area contributed by atoms with E-state index in [0.717, 1.165) is 32.5 Å². The summed E-state index contributed by atoms with van der Waals surface area (Å²) < 4.78 is 0.976.